The number of rotatable bonds is 4. The van der Waals surface area contributed by atoms with Gasteiger partial charge in [0.1, 0.15) is 0 Å². The minimum atomic E-state index is -0.503. The number of piperidine rings is 1. The Bertz CT molecular complexity index is 531. The third-order valence-corrected chi connectivity index (χ3v) is 4.96. The number of aliphatic hydroxyl groups is 1. The van der Waals surface area contributed by atoms with Crippen molar-refractivity contribution in [2.24, 2.45) is 0 Å². The van der Waals surface area contributed by atoms with Gasteiger partial charge in [0.25, 0.3) is 11.7 Å². The molecule has 1 saturated carbocycles. The molecule has 2 heterocycles. The molecule has 0 spiro atoms. The zero-order valence-corrected chi connectivity index (χ0v) is 13.8. The summed E-state index contributed by atoms with van der Waals surface area (Å²) in [6.45, 7) is 4.23. The minimum Gasteiger partial charge on any atom is -0.389 e. The third kappa shape index (κ3) is 4.29. The molecule has 1 saturated heterocycles. The number of nitrogens with one attached hydrogen (secondary N) is 1. The van der Waals surface area contributed by atoms with E-state index in [9.17, 15) is 9.90 Å². The molecule has 7 heteroatoms. The molecular formula is C16H26N4O3. The largest absolute Gasteiger partial charge is 0.389 e. The van der Waals surface area contributed by atoms with E-state index in [1.54, 1.807) is 6.92 Å². The van der Waals surface area contributed by atoms with Crippen molar-refractivity contribution in [1.82, 2.24) is 20.4 Å². The van der Waals surface area contributed by atoms with E-state index >= 15 is 0 Å². The number of aromatic nitrogens is 2. The van der Waals surface area contributed by atoms with Crippen LogP contribution >= 0.6 is 0 Å². The molecule has 1 aliphatic heterocycles. The van der Waals surface area contributed by atoms with Gasteiger partial charge in [-0.2, -0.15) is 4.98 Å². The second-order valence-corrected chi connectivity index (χ2v) is 6.95. The number of likely N-dealkylation sites (tertiary alicyclic amines) is 1. The smallest absolute Gasteiger partial charge is 0.292 e. The summed E-state index contributed by atoms with van der Waals surface area (Å²) >= 11 is 0. The molecule has 1 aliphatic carbocycles. The van der Waals surface area contributed by atoms with Crippen molar-refractivity contribution in [3.8, 4) is 0 Å². The van der Waals surface area contributed by atoms with Crippen LogP contribution in [0.2, 0.25) is 0 Å². The number of carbonyl (C=O) groups excluding carboxylic acids is 1. The first-order valence-electron chi connectivity index (χ1n) is 8.60. The highest BCUT2D eigenvalue weighted by atomic mass is 16.5. The maximum Gasteiger partial charge on any atom is 0.292 e. The highest BCUT2D eigenvalue weighted by molar-refractivity contribution is 5.90. The third-order valence-electron chi connectivity index (χ3n) is 4.96. The normalized spacial score (nSPS) is 22.9. The van der Waals surface area contributed by atoms with Crippen LogP contribution in [0.1, 0.15) is 61.5 Å². The van der Waals surface area contributed by atoms with Crippen LogP contribution in [-0.4, -0.2) is 57.3 Å². The van der Waals surface area contributed by atoms with Crippen LogP contribution in [0.5, 0.6) is 0 Å². The standard InChI is InChI=1S/C16H26N4O3/c1-12-17-14(19-23-12)15(21)18-13-5-9-20(10-6-13)11-16(22)7-3-2-4-8-16/h13,22H,2-11H2,1H3,(H,18,21). The van der Waals surface area contributed by atoms with Crippen LogP contribution in [0.3, 0.4) is 0 Å². The summed E-state index contributed by atoms with van der Waals surface area (Å²) in [5.74, 6) is 0.221. The number of carbonyl (C=O) groups is 1. The Morgan fingerprint density at radius 3 is 2.65 bits per heavy atom. The van der Waals surface area contributed by atoms with Crippen LogP contribution in [0, 0.1) is 6.92 Å². The number of aryl methyl sites for hydroxylation is 1. The Labute approximate surface area is 136 Å². The highest BCUT2D eigenvalue weighted by Crippen LogP contribution is 2.29. The Kier molecular flexibility index (Phi) is 4.96. The molecule has 0 radical (unpaired) electrons. The molecule has 1 aromatic heterocycles. The molecular weight excluding hydrogens is 296 g/mol. The predicted molar refractivity (Wildman–Crippen MR) is 84.0 cm³/mol. The number of β-amino-alcohol motifs (C(OH)–C–C–N with tert-alkyl or cyclic N) is 1. The first kappa shape index (κ1) is 16.4. The van der Waals surface area contributed by atoms with Crippen LogP contribution in [0.15, 0.2) is 4.52 Å². The van der Waals surface area contributed by atoms with Crippen LogP contribution in [0.25, 0.3) is 0 Å². The Morgan fingerprint density at radius 1 is 1.35 bits per heavy atom. The van der Waals surface area contributed by atoms with E-state index in [1.165, 1.54) is 6.42 Å². The average Bonchev–Trinajstić information content (AvgIpc) is 2.96. The zero-order chi connectivity index (χ0) is 16.3. The summed E-state index contributed by atoms with van der Waals surface area (Å²) in [5.41, 5.74) is -0.503. The van der Waals surface area contributed by atoms with Crippen molar-refractivity contribution in [2.45, 2.75) is 63.5 Å². The summed E-state index contributed by atoms with van der Waals surface area (Å²) < 4.78 is 4.83. The fourth-order valence-corrected chi connectivity index (χ4v) is 3.66. The Balaban J connectivity index is 1.44. The summed E-state index contributed by atoms with van der Waals surface area (Å²) in [7, 11) is 0. The molecule has 2 N–H and O–H groups in total. The van der Waals surface area contributed by atoms with Crippen molar-refractivity contribution in [1.29, 1.82) is 0 Å². The van der Waals surface area contributed by atoms with Crippen LogP contribution < -0.4 is 5.32 Å². The fraction of sp³-hybridized carbons (Fsp3) is 0.812. The molecule has 1 amide bonds. The van der Waals surface area contributed by atoms with Crippen LogP contribution in [0.4, 0.5) is 0 Å². The lowest BCUT2D eigenvalue weighted by Gasteiger charge is -2.40. The van der Waals surface area contributed by atoms with Gasteiger partial charge >= 0.3 is 0 Å². The second-order valence-electron chi connectivity index (χ2n) is 6.95. The SMILES string of the molecule is Cc1nc(C(=O)NC2CCN(CC3(O)CCCCC3)CC2)no1. The van der Waals surface area contributed by atoms with E-state index in [0.717, 1.165) is 58.2 Å². The average molecular weight is 322 g/mol. The Hall–Kier alpha value is -1.47. The molecule has 0 bridgehead atoms. The first-order valence-corrected chi connectivity index (χ1v) is 8.60. The van der Waals surface area contributed by atoms with E-state index in [-0.39, 0.29) is 17.8 Å². The number of hydrogen-bond acceptors (Lipinski definition) is 6. The molecule has 23 heavy (non-hydrogen) atoms. The van der Waals surface area contributed by atoms with Crippen molar-refractivity contribution in [3.05, 3.63) is 11.7 Å². The minimum absolute atomic E-state index is 0.0986. The van der Waals surface area contributed by atoms with E-state index in [2.05, 4.69) is 20.4 Å². The molecule has 0 atom stereocenters. The maximum absolute atomic E-state index is 12.0. The van der Waals surface area contributed by atoms with Gasteiger partial charge in [-0.1, -0.05) is 24.4 Å². The van der Waals surface area contributed by atoms with Gasteiger partial charge in [0.2, 0.25) is 5.89 Å². The lowest BCUT2D eigenvalue weighted by atomic mass is 9.84. The molecule has 0 unspecified atom stereocenters. The molecule has 1 aromatic rings. The van der Waals surface area contributed by atoms with Crippen LogP contribution in [-0.2, 0) is 0 Å². The van der Waals surface area contributed by atoms with Gasteiger partial charge in [0.15, 0.2) is 0 Å². The van der Waals surface area contributed by atoms with Crippen molar-refractivity contribution in [3.63, 3.8) is 0 Å². The number of hydrogen-bond donors (Lipinski definition) is 2. The van der Waals surface area contributed by atoms with Gasteiger partial charge < -0.3 is 19.8 Å². The molecule has 7 nitrogen and oxygen atoms in total. The maximum atomic E-state index is 12.0. The van der Waals surface area contributed by atoms with E-state index in [1.807, 2.05) is 0 Å². The van der Waals surface area contributed by atoms with Crippen molar-refractivity contribution in [2.75, 3.05) is 19.6 Å². The van der Waals surface area contributed by atoms with Gasteiger partial charge in [0, 0.05) is 32.6 Å². The summed E-state index contributed by atoms with van der Waals surface area (Å²) in [6, 6.07) is 0.138. The summed E-state index contributed by atoms with van der Waals surface area (Å²) in [6.07, 6.45) is 7.12. The number of amides is 1. The second kappa shape index (κ2) is 6.97. The molecule has 3 rings (SSSR count). The first-order chi connectivity index (χ1) is 11.0. The fourth-order valence-electron chi connectivity index (χ4n) is 3.66. The lowest BCUT2D eigenvalue weighted by Crippen LogP contribution is -2.50. The van der Waals surface area contributed by atoms with Crippen molar-refractivity contribution >= 4 is 5.91 Å². The van der Waals surface area contributed by atoms with Gasteiger partial charge in [0.05, 0.1) is 5.60 Å². The molecule has 2 aliphatic rings. The van der Waals surface area contributed by atoms with E-state index in [4.69, 9.17) is 4.52 Å². The van der Waals surface area contributed by atoms with Gasteiger partial charge in [-0.3, -0.25) is 4.79 Å². The molecule has 2 fully saturated rings. The lowest BCUT2D eigenvalue weighted by molar-refractivity contribution is -0.0312. The predicted octanol–water partition coefficient (Wildman–Crippen LogP) is 1.27. The zero-order valence-electron chi connectivity index (χ0n) is 13.8. The quantitative estimate of drug-likeness (QED) is 0.867. The molecule has 0 aromatic carbocycles. The van der Waals surface area contributed by atoms with Gasteiger partial charge in [-0.15, -0.1) is 0 Å². The van der Waals surface area contributed by atoms with Crippen molar-refractivity contribution < 1.29 is 14.4 Å². The van der Waals surface area contributed by atoms with E-state index in [0.29, 0.717) is 5.89 Å². The topological polar surface area (TPSA) is 91.5 Å². The summed E-state index contributed by atoms with van der Waals surface area (Å²) in [5, 5.41) is 17.3. The Morgan fingerprint density at radius 2 is 2.04 bits per heavy atom. The highest BCUT2D eigenvalue weighted by Gasteiger charge is 2.33. The number of nitrogens with zero attached hydrogens (tertiary/aromatic N) is 3. The van der Waals surface area contributed by atoms with Gasteiger partial charge in [-0.05, 0) is 25.7 Å². The van der Waals surface area contributed by atoms with Gasteiger partial charge in [-0.25, -0.2) is 0 Å². The van der Waals surface area contributed by atoms with E-state index < -0.39 is 5.60 Å². The summed E-state index contributed by atoms with van der Waals surface area (Å²) in [4.78, 5) is 18.3. The monoisotopic (exact) mass is 322 g/mol. The molecule has 128 valence electrons.